The number of alkyl halides is 1. The molecule has 1 aromatic carbocycles. The first kappa shape index (κ1) is 9.93. The predicted molar refractivity (Wildman–Crippen MR) is 66.2 cm³/mol. The molecule has 70 valence electrons. The molecule has 3 nitrogen and oxygen atoms in total. The van der Waals surface area contributed by atoms with Crippen LogP contribution in [-0.2, 0) is 5.33 Å². The molecular weight excluding hydrogens is 357 g/mol. The molecule has 0 spiro atoms. The summed E-state index contributed by atoms with van der Waals surface area (Å²) in [5.74, 6) is 0.880. The number of nitrogens with zero attached hydrogens (tertiary/aromatic N) is 2. The van der Waals surface area contributed by atoms with E-state index in [9.17, 15) is 0 Å². The molecule has 1 aromatic heterocycles. The molecule has 0 atom stereocenters. The quantitative estimate of drug-likeness (QED) is 0.627. The maximum absolute atomic E-state index is 8.84. The number of hydrogen-bond acceptors (Lipinski definition) is 2. The number of nitrogens with one attached hydrogen (secondary N) is 1. The van der Waals surface area contributed by atoms with E-state index in [1.54, 1.807) is 6.07 Å². The zero-order valence-electron chi connectivity index (χ0n) is 7.01. The van der Waals surface area contributed by atoms with Crippen molar-refractivity contribution < 1.29 is 0 Å². The fraction of sp³-hybridized carbons (Fsp3) is 0.111. The third kappa shape index (κ3) is 1.64. The Morgan fingerprint density at radius 3 is 3.00 bits per heavy atom. The van der Waals surface area contributed by atoms with E-state index < -0.39 is 0 Å². The molecule has 14 heavy (non-hydrogen) atoms. The molecule has 0 saturated carbocycles. The van der Waals surface area contributed by atoms with Gasteiger partial charge in [0.1, 0.15) is 11.9 Å². The zero-order chi connectivity index (χ0) is 10.1. The SMILES string of the molecule is N#Cc1cc2nc(CBr)[nH]c2cc1I. The number of aromatic nitrogens is 2. The molecule has 0 aliphatic heterocycles. The predicted octanol–water partition coefficient (Wildman–Crippen LogP) is 2.93. The van der Waals surface area contributed by atoms with Crippen LogP contribution in [0.5, 0.6) is 0 Å². The summed E-state index contributed by atoms with van der Waals surface area (Å²) in [7, 11) is 0. The van der Waals surface area contributed by atoms with Crippen molar-refractivity contribution in [2.45, 2.75) is 5.33 Å². The lowest BCUT2D eigenvalue weighted by Crippen LogP contribution is -1.81. The van der Waals surface area contributed by atoms with Gasteiger partial charge in [-0.2, -0.15) is 5.26 Å². The number of benzene rings is 1. The van der Waals surface area contributed by atoms with Crippen LogP contribution in [0, 0.1) is 14.9 Å². The second-order valence-electron chi connectivity index (χ2n) is 2.78. The molecule has 0 unspecified atom stereocenters. The van der Waals surface area contributed by atoms with E-state index in [1.165, 1.54) is 0 Å². The minimum Gasteiger partial charge on any atom is -0.341 e. The molecule has 0 radical (unpaired) electrons. The lowest BCUT2D eigenvalue weighted by Gasteiger charge is -1.93. The Labute approximate surface area is 103 Å². The average Bonchev–Trinajstić information content (AvgIpc) is 2.58. The van der Waals surface area contributed by atoms with E-state index in [2.05, 4.69) is 54.6 Å². The molecule has 0 bridgehead atoms. The van der Waals surface area contributed by atoms with E-state index in [4.69, 9.17) is 5.26 Å². The van der Waals surface area contributed by atoms with Crippen molar-refractivity contribution in [3.8, 4) is 6.07 Å². The highest BCUT2D eigenvalue weighted by atomic mass is 127. The van der Waals surface area contributed by atoms with Crippen molar-refractivity contribution >= 4 is 49.6 Å². The summed E-state index contributed by atoms with van der Waals surface area (Å²) >= 11 is 5.48. The smallest absolute Gasteiger partial charge is 0.117 e. The highest BCUT2D eigenvalue weighted by molar-refractivity contribution is 14.1. The number of aromatic amines is 1. The fourth-order valence-electron chi connectivity index (χ4n) is 1.23. The highest BCUT2D eigenvalue weighted by Crippen LogP contribution is 2.20. The number of nitriles is 1. The first-order valence-electron chi connectivity index (χ1n) is 3.89. The highest BCUT2D eigenvalue weighted by Gasteiger charge is 2.06. The van der Waals surface area contributed by atoms with Gasteiger partial charge in [-0.25, -0.2) is 4.98 Å². The minimum absolute atomic E-state index is 0.672. The molecule has 0 amide bonds. The van der Waals surface area contributed by atoms with Crippen molar-refractivity contribution in [1.82, 2.24) is 9.97 Å². The van der Waals surface area contributed by atoms with E-state index >= 15 is 0 Å². The number of rotatable bonds is 1. The second-order valence-corrected chi connectivity index (χ2v) is 4.50. The van der Waals surface area contributed by atoms with Crippen LogP contribution < -0.4 is 0 Å². The van der Waals surface area contributed by atoms with E-state index in [1.807, 2.05) is 6.07 Å². The number of hydrogen-bond donors (Lipinski definition) is 1. The topological polar surface area (TPSA) is 52.5 Å². The minimum atomic E-state index is 0.672. The van der Waals surface area contributed by atoms with Crippen molar-refractivity contribution in [2.75, 3.05) is 0 Å². The Hall–Kier alpha value is -0.610. The van der Waals surface area contributed by atoms with Gasteiger partial charge < -0.3 is 4.98 Å². The van der Waals surface area contributed by atoms with Crippen LogP contribution in [0.2, 0.25) is 0 Å². The number of H-pyrrole nitrogens is 1. The van der Waals surface area contributed by atoms with Crippen LogP contribution in [0.1, 0.15) is 11.4 Å². The van der Waals surface area contributed by atoms with Gasteiger partial charge in [0.05, 0.1) is 21.9 Å². The monoisotopic (exact) mass is 361 g/mol. The van der Waals surface area contributed by atoms with Gasteiger partial charge in [0.2, 0.25) is 0 Å². The largest absolute Gasteiger partial charge is 0.341 e. The van der Waals surface area contributed by atoms with Crippen LogP contribution in [0.4, 0.5) is 0 Å². The van der Waals surface area contributed by atoms with Crippen LogP contribution >= 0.6 is 38.5 Å². The van der Waals surface area contributed by atoms with Gasteiger partial charge in [-0.1, -0.05) is 15.9 Å². The standard InChI is InChI=1S/C9H5BrIN3/c10-3-9-13-7-1-5(4-12)6(11)2-8(7)14-9/h1-2H,3H2,(H,13,14). The van der Waals surface area contributed by atoms with Crippen molar-refractivity contribution in [2.24, 2.45) is 0 Å². The van der Waals surface area contributed by atoms with Crippen LogP contribution in [0.3, 0.4) is 0 Å². The second kappa shape index (κ2) is 3.87. The van der Waals surface area contributed by atoms with Crippen LogP contribution in [-0.4, -0.2) is 9.97 Å². The Morgan fingerprint density at radius 2 is 2.36 bits per heavy atom. The molecule has 0 aliphatic carbocycles. The Kier molecular flexibility index (Phi) is 2.74. The average molecular weight is 362 g/mol. The summed E-state index contributed by atoms with van der Waals surface area (Å²) in [5.41, 5.74) is 2.49. The first-order chi connectivity index (χ1) is 6.74. The normalized spacial score (nSPS) is 10.4. The molecule has 1 heterocycles. The van der Waals surface area contributed by atoms with Crippen molar-refractivity contribution in [3.63, 3.8) is 0 Å². The fourth-order valence-corrected chi connectivity index (χ4v) is 2.09. The lowest BCUT2D eigenvalue weighted by atomic mass is 10.2. The third-order valence-electron chi connectivity index (χ3n) is 1.87. The van der Waals surface area contributed by atoms with Gasteiger partial charge in [0.25, 0.3) is 0 Å². The van der Waals surface area contributed by atoms with Crippen LogP contribution in [0.25, 0.3) is 11.0 Å². The molecule has 2 rings (SSSR count). The van der Waals surface area contributed by atoms with Crippen molar-refractivity contribution in [3.05, 3.63) is 27.1 Å². The summed E-state index contributed by atoms with van der Waals surface area (Å²) in [6, 6.07) is 5.88. The molecule has 1 N–H and O–H groups in total. The van der Waals surface area contributed by atoms with Gasteiger partial charge in [0.15, 0.2) is 0 Å². The third-order valence-corrected chi connectivity index (χ3v) is 3.29. The van der Waals surface area contributed by atoms with E-state index in [0.29, 0.717) is 10.9 Å². The molecule has 0 aliphatic rings. The van der Waals surface area contributed by atoms with Gasteiger partial charge >= 0.3 is 0 Å². The summed E-state index contributed by atoms with van der Waals surface area (Å²) in [6.07, 6.45) is 0. The van der Waals surface area contributed by atoms with E-state index in [-0.39, 0.29) is 0 Å². The molecule has 2 aromatic rings. The molecule has 5 heteroatoms. The first-order valence-corrected chi connectivity index (χ1v) is 6.09. The molecular formula is C9H5BrIN3. The summed E-state index contributed by atoms with van der Waals surface area (Å²) < 4.78 is 0.947. The summed E-state index contributed by atoms with van der Waals surface area (Å²) in [4.78, 5) is 7.49. The van der Waals surface area contributed by atoms with Crippen LogP contribution in [0.15, 0.2) is 12.1 Å². The summed E-state index contributed by atoms with van der Waals surface area (Å²) in [6.45, 7) is 0. The Bertz CT molecular complexity index is 527. The molecule has 0 saturated heterocycles. The van der Waals surface area contributed by atoms with Gasteiger partial charge in [-0.05, 0) is 34.7 Å². The Balaban J connectivity index is 2.71. The Morgan fingerprint density at radius 1 is 1.57 bits per heavy atom. The van der Waals surface area contributed by atoms with Gasteiger partial charge in [0, 0.05) is 3.57 Å². The number of halogens is 2. The molecule has 0 fully saturated rings. The van der Waals surface area contributed by atoms with Gasteiger partial charge in [-0.3, -0.25) is 0 Å². The maximum atomic E-state index is 8.84. The summed E-state index contributed by atoms with van der Waals surface area (Å²) in [5, 5.41) is 9.53. The van der Waals surface area contributed by atoms with Crippen molar-refractivity contribution in [1.29, 1.82) is 5.26 Å². The lowest BCUT2D eigenvalue weighted by molar-refractivity contribution is 1.15. The number of imidazole rings is 1. The number of fused-ring (bicyclic) bond motifs is 1. The maximum Gasteiger partial charge on any atom is 0.117 e. The van der Waals surface area contributed by atoms with Gasteiger partial charge in [-0.15, -0.1) is 0 Å². The zero-order valence-corrected chi connectivity index (χ0v) is 10.8. The van der Waals surface area contributed by atoms with E-state index in [0.717, 1.165) is 20.4 Å².